The Balaban J connectivity index is 2.17. The van der Waals surface area contributed by atoms with E-state index in [1.165, 1.54) is 5.56 Å². The van der Waals surface area contributed by atoms with Crippen molar-refractivity contribution in [3.8, 4) is 0 Å². The highest BCUT2D eigenvalue weighted by atomic mass is 16.4. The van der Waals surface area contributed by atoms with Crippen LogP contribution in [0, 0.1) is 0 Å². The zero-order valence-corrected chi connectivity index (χ0v) is 12.1. The highest BCUT2D eigenvalue weighted by molar-refractivity contribution is 5.74. The van der Waals surface area contributed by atoms with Gasteiger partial charge in [-0.1, -0.05) is 30.3 Å². The van der Waals surface area contributed by atoms with Crippen LogP contribution in [0.2, 0.25) is 0 Å². The minimum atomic E-state index is -1.44. The first-order chi connectivity index (χ1) is 9.99. The lowest BCUT2D eigenvalue weighted by Gasteiger charge is -2.15. The van der Waals surface area contributed by atoms with E-state index in [1.54, 1.807) is 0 Å². The van der Waals surface area contributed by atoms with Gasteiger partial charge in [0.05, 0.1) is 0 Å². The summed E-state index contributed by atoms with van der Waals surface area (Å²) in [5.41, 5.74) is 1.22. The van der Waals surface area contributed by atoms with E-state index in [0.717, 1.165) is 12.8 Å². The van der Waals surface area contributed by atoms with Gasteiger partial charge in [0, 0.05) is 19.0 Å². The van der Waals surface area contributed by atoms with Gasteiger partial charge >= 0.3 is 12.0 Å². The Morgan fingerprint density at radius 2 is 1.86 bits per heavy atom. The predicted molar refractivity (Wildman–Crippen MR) is 79.0 cm³/mol. The molecule has 1 aromatic rings. The van der Waals surface area contributed by atoms with Gasteiger partial charge in [0.25, 0.3) is 0 Å². The number of nitrogens with one attached hydrogen (secondary N) is 2. The summed E-state index contributed by atoms with van der Waals surface area (Å²) in [6.07, 6.45) is 0.233. The number of aliphatic hydroxyl groups excluding tert-OH is 1. The van der Waals surface area contributed by atoms with E-state index in [0.29, 0.717) is 0 Å². The second kappa shape index (κ2) is 8.97. The summed E-state index contributed by atoms with van der Waals surface area (Å²) in [4.78, 5) is 22.0. The van der Waals surface area contributed by atoms with E-state index in [9.17, 15) is 9.59 Å². The summed E-state index contributed by atoms with van der Waals surface area (Å²) in [5.74, 6) is -1.28. The number of amides is 2. The van der Waals surface area contributed by atoms with Crippen LogP contribution in [0.25, 0.3) is 0 Å². The molecule has 6 heteroatoms. The third kappa shape index (κ3) is 7.31. The summed E-state index contributed by atoms with van der Waals surface area (Å²) in [6.45, 7) is 2.03. The Morgan fingerprint density at radius 1 is 1.19 bits per heavy atom. The maximum Gasteiger partial charge on any atom is 0.332 e. The predicted octanol–water partition coefficient (Wildman–Crippen LogP) is 1.14. The molecule has 6 nitrogen and oxygen atoms in total. The van der Waals surface area contributed by atoms with Gasteiger partial charge in [0.2, 0.25) is 0 Å². The van der Waals surface area contributed by atoms with Crippen molar-refractivity contribution >= 4 is 12.0 Å². The van der Waals surface area contributed by atoms with Gasteiger partial charge in [-0.2, -0.15) is 0 Å². The summed E-state index contributed by atoms with van der Waals surface area (Å²) >= 11 is 0. The van der Waals surface area contributed by atoms with Crippen LogP contribution >= 0.6 is 0 Å². The molecule has 21 heavy (non-hydrogen) atoms. The Kier molecular flexibility index (Phi) is 7.25. The number of aliphatic hydroxyl groups is 1. The zero-order valence-electron chi connectivity index (χ0n) is 12.1. The van der Waals surface area contributed by atoms with Gasteiger partial charge in [-0.3, -0.25) is 0 Å². The first-order valence-corrected chi connectivity index (χ1v) is 6.98. The van der Waals surface area contributed by atoms with Crippen molar-refractivity contribution in [2.75, 3.05) is 6.54 Å². The Hall–Kier alpha value is -2.08. The second-order valence-electron chi connectivity index (χ2n) is 4.97. The number of aryl methyl sites for hydroxylation is 1. The van der Waals surface area contributed by atoms with E-state index in [2.05, 4.69) is 10.6 Å². The Morgan fingerprint density at radius 3 is 2.48 bits per heavy atom. The summed E-state index contributed by atoms with van der Waals surface area (Å²) in [6, 6.07) is 9.66. The number of aliphatic carboxylic acids is 1. The first kappa shape index (κ1) is 17.0. The molecule has 0 bridgehead atoms. The molecule has 0 aliphatic carbocycles. The molecule has 4 N–H and O–H groups in total. The number of hydrogen-bond donors (Lipinski definition) is 4. The van der Waals surface area contributed by atoms with Gasteiger partial charge in [-0.25, -0.2) is 9.59 Å². The molecule has 2 atom stereocenters. The molecule has 0 fully saturated rings. The molecule has 0 aliphatic heterocycles. The van der Waals surface area contributed by atoms with Crippen molar-refractivity contribution in [3.05, 3.63) is 35.9 Å². The lowest BCUT2D eigenvalue weighted by atomic mass is 10.1. The third-order valence-electron chi connectivity index (χ3n) is 3.07. The molecule has 1 aromatic carbocycles. The van der Waals surface area contributed by atoms with Crippen molar-refractivity contribution in [1.29, 1.82) is 0 Å². The number of urea groups is 1. The van der Waals surface area contributed by atoms with Crippen LogP contribution in [0.5, 0.6) is 0 Å². The fraction of sp³-hybridized carbons (Fsp3) is 0.467. The first-order valence-electron chi connectivity index (χ1n) is 6.98. The lowest BCUT2D eigenvalue weighted by molar-refractivity contribution is -0.146. The van der Waals surface area contributed by atoms with Crippen LogP contribution in [0.1, 0.15) is 25.3 Å². The highest BCUT2D eigenvalue weighted by Crippen LogP contribution is 2.04. The van der Waals surface area contributed by atoms with Crippen LogP contribution in [0.15, 0.2) is 30.3 Å². The van der Waals surface area contributed by atoms with Crippen LogP contribution < -0.4 is 10.6 Å². The lowest BCUT2D eigenvalue weighted by Crippen LogP contribution is -2.42. The third-order valence-corrected chi connectivity index (χ3v) is 3.07. The Labute approximate surface area is 124 Å². The monoisotopic (exact) mass is 294 g/mol. The van der Waals surface area contributed by atoms with Crippen LogP contribution in [0.3, 0.4) is 0 Å². The van der Waals surface area contributed by atoms with Crippen molar-refractivity contribution in [2.24, 2.45) is 0 Å². The quantitative estimate of drug-likeness (QED) is 0.578. The van der Waals surface area contributed by atoms with Crippen LogP contribution in [-0.4, -0.2) is 40.9 Å². The molecule has 1 rings (SSSR count). The van der Waals surface area contributed by atoms with E-state index in [-0.39, 0.29) is 25.0 Å². The minimum Gasteiger partial charge on any atom is -0.479 e. The summed E-state index contributed by atoms with van der Waals surface area (Å²) < 4.78 is 0. The molecular formula is C15H22N2O4. The number of rotatable bonds is 8. The normalized spacial score (nSPS) is 13.2. The molecule has 0 radical (unpaired) electrons. The maximum atomic E-state index is 11.6. The van der Waals surface area contributed by atoms with E-state index in [1.807, 2.05) is 37.3 Å². The fourth-order valence-corrected chi connectivity index (χ4v) is 1.82. The van der Waals surface area contributed by atoms with E-state index >= 15 is 0 Å². The average Bonchev–Trinajstić information content (AvgIpc) is 2.46. The number of carboxylic acids is 1. The van der Waals surface area contributed by atoms with Crippen LogP contribution in [0.4, 0.5) is 4.79 Å². The topological polar surface area (TPSA) is 98.7 Å². The van der Waals surface area contributed by atoms with Crippen LogP contribution in [-0.2, 0) is 11.2 Å². The molecule has 0 saturated heterocycles. The number of carbonyl (C=O) groups excluding carboxylic acids is 1. The standard InChI is InChI=1S/C15H22N2O4/c1-11(7-8-12-5-3-2-4-6-12)17-15(21)16-10-9-13(18)14(19)20/h2-6,11,13,18H,7-10H2,1H3,(H,19,20)(H2,16,17,21). The fourth-order valence-electron chi connectivity index (χ4n) is 1.82. The smallest absolute Gasteiger partial charge is 0.332 e. The molecule has 0 aliphatic rings. The molecule has 0 saturated carbocycles. The largest absolute Gasteiger partial charge is 0.479 e. The van der Waals surface area contributed by atoms with Gasteiger partial charge in [-0.15, -0.1) is 0 Å². The Bertz CT molecular complexity index is 450. The number of carboxylic acid groups (broad SMARTS) is 1. The molecule has 0 spiro atoms. The molecule has 2 amide bonds. The number of hydrogen-bond acceptors (Lipinski definition) is 3. The molecule has 116 valence electrons. The SMILES string of the molecule is CC(CCc1ccccc1)NC(=O)NCCC(O)C(=O)O. The maximum absolute atomic E-state index is 11.6. The van der Waals surface area contributed by atoms with Crippen molar-refractivity contribution in [3.63, 3.8) is 0 Å². The van der Waals surface area contributed by atoms with Gasteiger partial charge < -0.3 is 20.8 Å². The van der Waals surface area contributed by atoms with Crippen molar-refractivity contribution < 1.29 is 19.8 Å². The molecule has 2 unspecified atom stereocenters. The van der Waals surface area contributed by atoms with Gasteiger partial charge in [0.1, 0.15) is 0 Å². The molecule has 0 aromatic heterocycles. The molecule has 0 heterocycles. The second-order valence-corrected chi connectivity index (χ2v) is 4.97. The number of benzene rings is 1. The minimum absolute atomic E-state index is 0.00889. The van der Waals surface area contributed by atoms with E-state index in [4.69, 9.17) is 10.2 Å². The van der Waals surface area contributed by atoms with E-state index < -0.39 is 12.1 Å². The molecular weight excluding hydrogens is 272 g/mol. The average molecular weight is 294 g/mol. The van der Waals surface area contributed by atoms with Gasteiger partial charge in [-0.05, 0) is 25.3 Å². The van der Waals surface area contributed by atoms with Crippen molar-refractivity contribution in [2.45, 2.75) is 38.3 Å². The summed E-state index contributed by atoms with van der Waals surface area (Å²) in [5, 5.41) is 22.9. The summed E-state index contributed by atoms with van der Waals surface area (Å²) in [7, 11) is 0. The van der Waals surface area contributed by atoms with Crippen molar-refractivity contribution in [1.82, 2.24) is 10.6 Å². The highest BCUT2D eigenvalue weighted by Gasteiger charge is 2.13. The number of carbonyl (C=O) groups is 2. The van der Waals surface area contributed by atoms with Gasteiger partial charge in [0.15, 0.2) is 6.10 Å². The zero-order chi connectivity index (χ0) is 15.7.